The molecule has 132 valence electrons. The lowest BCUT2D eigenvalue weighted by atomic mass is 10.0. The van der Waals surface area contributed by atoms with Gasteiger partial charge in [-0.1, -0.05) is 12.1 Å². The number of halogens is 2. The van der Waals surface area contributed by atoms with E-state index in [2.05, 4.69) is 10.2 Å². The number of likely N-dealkylation sites (tertiary alicyclic amines) is 1. The molecule has 1 N–H and O–H groups in total. The summed E-state index contributed by atoms with van der Waals surface area (Å²) in [6.45, 7) is 0.983. The van der Waals surface area contributed by atoms with Crippen molar-refractivity contribution in [1.29, 1.82) is 0 Å². The second-order valence-corrected chi connectivity index (χ2v) is 6.11. The maximum atomic E-state index is 13.2. The lowest BCUT2D eigenvalue weighted by Crippen LogP contribution is -2.33. The predicted molar refractivity (Wildman–Crippen MR) is 91.5 cm³/mol. The third-order valence-electron chi connectivity index (χ3n) is 4.36. The second kappa shape index (κ2) is 7.61. The minimum atomic E-state index is -0.715. The SMILES string of the molecule is COc1ccc([C@H]2CCCN2CC(=O)Nc2cc(F)cc(F)c2)cc1. The first-order chi connectivity index (χ1) is 12.0. The first-order valence-electron chi connectivity index (χ1n) is 8.19. The van der Waals surface area contributed by atoms with E-state index in [-0.39, 0.29) is 24.2 Å². The van der Waals surface area contributed by atoms with Crippen molar-refractivity contribution >= 4 is 11.6 Å². The van der Waals surface area contributed by atoms with Gasteiger partial charge in [0.15, 0.2) is 0 Å². The highest BCUT2D eigenvalue weighted by Crippen LogP contribution is 2.32. The molecule has 1 fully saturated rings. The van der Waals surface area contributed by atoms with Gasteiger partial charge in [0.05, 0.1) is 13.7 Å². The fourth-order valence-corrected chi connectivity index (χ4v) is 3.23. The quantitative estimate of drug-likeness (QED) is 0.896. The van der Waals surface area contributed by atoms with Crippen molar-refractivity contribution in [3.63, 3.8) is 0 Å². The standard InChI is InChI=1S/C19H20F2N2O2/c1-25-17-6-4-13(5-7-17)18-3-2-8-23(18)12-19(24)22-16-10-14(20)9-15(21)11-16/h4-7,9-11,18H,2-3,8,12H2,1H3,(H,22,24)/t18-/m1/s1. The Morgan fingerprint density at radius 3 is 2.52 bits per heavy atom. The molecule has 1 amide bonds. The van der Waals surface area contributed by atoms with Gasteiger partial charge < -0.3 is 10.1 Å². The van der Waals surface area contributed by atoms with Crippen LogP contribution in [0.4, 0.5) is 14.5 Å². The third kappa shape index (κ3) is 4.33. The Bertz CT molecular complexity index is 729. The normalized spacial score (nSPS) is 17.5. The van der Waals surface area contributed by atoms with Gasteiger partial charge in [0.2, 0.25) is 5.91 Å². The summed E-state index contributed by atoms with van der Waals surface area (Å²) in [7, 11) is 1.62. The summed E-state index contributed by atoms with van der Waals surface area (Å²) in [4.78, 5) is 14.3. The lowest BCUT2D eigenvalue weighted by Gasteiger charge is -2.24. The van der Waals surface area contributed by atoms with Crippen LogP contribution < -0.4 is 10.1 Å². The van der Waals surface area contributed by atoms with Gasteiger partial charge in [-0.2, -0.15) is 0 Å². The van der Waals surface area contributed by atoms with E-state index >= 15 is 0 Å². The Kier molecular flexibility index (Phi) is 5.28. The van der Waals surface area contributed by atoms with E-state index in [1.54, 1.807) is 7.11 Å². The van der Waals surface area contributed by atoms with Crippen molar-refractivity contribution in [2.45, 2.75) is 18.9 Å². The molecule has 2 aromatic carbocycles. The Morgan fingerprint density at radius 2 is 1.88 bits per heavy atom. The average Bonchev–Trinajstić information content (AvgIpc) is 3.01. The van der Waals surface area contributed by atoms with Gasteiger partial charge in [-0.15, -0.1) is 0 Å². The number of methoxy groups -OCH3 is 1. The largest absolute Gasteiger partial charge is 0.497 e. The van der Waals surface area contributed by atoms with E-state index < -0.39 is 11.6 Å². The number of carbonyl (C=O) groups excluding carboxylic acids is 1. The number of benzene rings is 2. The number of nitrogens with one attached hydrogen (secondary N) is 1. The van der Waals surface area contributed by atoms with Gasteiger partial charge in [-0.05, 0) is 49.2 Å². The summed E-state index contributed by atoms with van der Waals surface area (Å²) in [5.74, 6) is -0.926. The number of rotatable bonds is 5. The highest BCUT2D eigenvalue weighted by molar-refractivity contribution is 5.92. The zero-order chi connectivity index (χ0) is 17.8. The molecule has 1 aliphatic heterocycles. The summed E-state index contributed by atoms with van der Waals surface area (Å²) >= 11 is 0. The molecular weight excluding hydrogens is 326 g/mol. The molecular formula is C19H20F2N2O2. The van der Waals surface area contributed by atoms with E-state index in [1.165, 1.54) is 0 Å². The minimum absolute atomic E-state index is 0.127. The monoisotopic (exact) mass is 346 g/mol. The fraction of sp³-hybridized carbons (Fsp3) is 0.316. The van der Waals surface area contributed by atoms with Crippen LogP contribution >= 0.6 is 0 Å². The van der Waals surface area contributed by atoms with E-state index in [0.717, 1.165) is 48.9 Å². The number of hydrogen-bond donors (Lipinski definition) is 1. The van der Waals surface area contributed by atoms with Crippen LogP contribution in [-0.4, -0.2) is 31.0 Å². The highest BCUT2D eigenvalue weighted by Gasteiger charge is 2.27. The van der Waals surface area contributed by atoms with Crippen molar-refractivity contribution in [1.82, 2.24) is 4.90 Å². The van der Waals surface area contributed by atoms with Crippen molar-refractivity contribution in [2.75, 3.05) is 25.5 Å². The molecule has 0 unspecified atom stereocenters. The molecule has 4 nitrogen and oxygen atoms in total. The molecule has 0 radical (unpaired) electrons. The molecule has 0 bridgehead atoms. The van der Waals surface area contributed by atoms with E-state index in [4.69, 9.17) is 4.74 Å². The van der Waals surface area contributed by atoms with E-state index in [9.17, 15) is 13.6 Å². The first-order valence-corrected chi connectivity index (χ1v) is 8.19. The Hall–Kier alpha value is -2.47. The molecule has 1 aliphatic rings. The molecule has 6 heteroatoms. The van der Waals surface area contributed by atoms with E-state index in [0.29, 0.717) is 0 Å². The number of carbonyl (C=O) groups is 1. The van der Waals surface area contributed by atoms with Crippen LogP contribution in [0.15, 0.2) is 42.5 Å². The zero-order valence-corrected chi connectivity index (χ0v) is 14.0. The lowest BCUT2D eigenvalue weighted by molar-refractivity contribution is -0.117. The Balaban J connectivity index is 1.65. The van der Waals surface area contributed by atoms with Crippen LogP contribution in [0.2, 0.25) is 0 Å². The number of nitrogens with zero attached hydrogens (tertiary/aromatic N) is 1. The maximum Gasteiger partial charge on any atom is 0.238 e. The number of hydrogen-bond acceptors (Lipinski definition) is 3. The third-order valence-corrected chi connectivity index (χ3v) is 4.36. The first kappa shape index (κ1) is 17.4. The zero-order valence-electron chi connectivity index (χ0n) is 14.0. The number of ether oxygens (including phenoxy) is 1. The maximum absolute atomic E-state index is 13.2. The molecule has 1 atom stereocenters. The summed E-state index contributed by atoms with van der Waals surface area (Å²) in [5, 5.41) is 2.56. The number of anilines is 1. The van der Waals surface area contributed by atoms with Crippen molar-refractivity contribution in [3.05, 3.63) is 59.7 Å². The molecule has 0 aliphatic carbocycles. The Morgan fingerprint density at radius 1 is 1.20 bits per heavy atom. The van der Waals surface area contributed by atoms with Gasteiger partial charge >= 0.3 is 0 Å². The molecule has 1 saturated heterocycles. The van der Waals surface area contributed by atoms with Crippen LogP contribution in [0.1, 0.15) is 24.4 Å². The van der Waals surface area contributed by atoms with Crippen LogP contribution in [0.3, 0.4) is 0 Å². The summed E-state index contributed by atoms with van der Waals surface area (Å²) in [5.41, 5.74) is 1.26. The van der Waals surface area contributed by atoms with Crippen molar-refractivity contribution < 1.29 is 18.3 Å². The summed E-state index contributed by atoms with van der Waals surface area (Å²) < 4.78 is 31.6. The van der Waals surface area contributed by atoms with Gasteiger partial charge in [-0.25, -0.2) is 8.78 Å². The van der Waals surface area contributed by atoms with Crippen LogP contribution in [0, 0.1) is 11.6 Å². The summed E-state index contributed by atoms with van der Waals surface area (Å²) in [6.07, 6.45) is 1.97. The summed E-state index contributed by atoms with van der Waals surface area (Å²) in [6, 6.07) is 10.9. The van der Waals surface area contributed by atoms with Crippen LogP contribution in [0.5, 0.6) is 5.75 Å². The van der Waals surface area contributed by atoms with Crippen LogP contribution in [0.25, 0.3) is 0 Å². The second-order valence-electron chi connectivity index (χ2n) is 6.11. The molecule has 3 rings (SSSR count). The smallest absolute Gasteiger partial charge is 0.238 e. The number of amides is 1. The minimum Gasteiger partial charge on any atom is -0.497 e. The predicted octanol–water partition coefficient (Wildman–Crippen LogP) is 3.75. The average molecular weight is 346 g/mol. The van der Waals surface area contributed by atoms with Gasteiger partial charge in [0.25, 0.3) is 0 Å². The van der Waals surface area contributed by atoms with Gasteiger partial charge in [-0.3, -0.25) is 9.69 Å². The molecule has 0 saturated carbocycles. The van der Waals surface area contributed by atoms with Crippen molar-refractivity contribution in [3.8, 4) is 5.75 Å². The van der Waals surface area contributed by atoms with E-state index in [1.807, 2.05) is 24.3 Å². The molecule has 0 aromatic heterocycles. The van der Waals surface area contributed by atoms with Crippen LogP contribution in [-0.2, 0) is 4.79 Å². The molecule has 2 aromatic rings. The van der Waals surface area contributed by atoms with Crippen molar-refractivity contribution in [2.24, 2.45) is 0 Å². The Labute approximate surface area is 145 Å². The highest BCUT2D eigenvalue weighted by atomic mass is 19.1. The topological polar surface area (TPSA) is 41.6 Å². The molecule has 1 heterocycles. The molecule has 0 spiro atoms. The van der Waals surface area contributed by atoms with Gasteiger partial charge in [0, 0.05) is 17.8 Å². The van der Waals surface area contributed by atoms with Gasteiger partial charge in [0.1, 0.15) is 17.4 Å². The molecule has 25 heavy (non-hydrogen) atoms. The fourth-order valence-electron chi connectivity index (χ4n) is 3.23.